The van der Waals surface area contributed by atoms with E-state index in [4.69, 9.17) is 0 Å². The molecule has 1 aromatic carbocycles. The first-order chi connectivity index (χ1) is 8.61. The lowest BCUT2D eigenvalue weighted by molar-refractivity contribution is 0.425. The van der Waals surface area contributed by atoms with Crippen molar-refractivity contribution in [2.75, 3.05) is 0 Å². The van der Waals surface area contributed by atoms with Crippen molar-refractivity contribution >= 4 is 12.6 Å². The first-order valence-corrected chi connectivity index (χ1v) is 5.76. The molecule has 0 saturated heterocycles. The molecule has 1 heterocycles. The summed E-state index contributed by atoms with van der Waals surface area (Å²) in [6, 6.07) is 4.01. The quantitative estimate of drug-likeness (QED) is 0.766. The Morgan fingerprint density at radius 2 is 2.17 bits per heavy atom. The summed E-state index contributed by atoms with van der Waals surface area (Å²) in [5.41, 5.74) is 0.852. The van der Waals surface area contributed by atoms with E-state index in [2.05, 4.69) is 4.98 Å². The van der Waals surface area contributed by atoms with Crippen molar-refractivity contribution in [3.05, 3.63) is 47.8 Å². The zero-order valence-corrected chi connectivity index (χ0v) is 10.0. The zero-order chi connectivity index (χ0) is 13.1. The number of aromatic nitrogens is 2. The van der Waals surface area contributed by atoms with Crippen molar-refractivity contribution in [3.63, 3.8) is 0 Å². The molecule has 0 fully saturated rings. The second kappa shape index (κ2) is 5.33. The second-order valence-electron chi connectivity index (χ2n) is 4.04. The highest BCUT2D eigenvalue weighted by Crippen LogP contribution is 2.07. The van der Waals surface area contributed by atoms with Crippen molar-refractivity contribution in [3.8, 4) is 0 Å². The van der Waals surface area contributed by atoms with Gasteiger partial charge in [-0.3, -0.25) is 0 Å². The average Bonchev–Trinajstić information content (AvgIpc) is 2.78. The van der Waals surface area contributed by atoms with E-state index in [1.54, 1.807) is 12.3 Å². The van der Waals surface area contributed by atoms with Crippen molar-refractivity contribution in [2.45, 2.75) is 19.9 Å². The highest BCUT2D eigenvalue weighted by atomic mass is 19.1. The molecule has 6 heteroatoms. The summed E-state index contributed by atoms with van der Waals surface area (Å²) in [5, 5.41) is 18.5. The lowest BCUT2D eigenvalue weighted by Crippen LogP contribution is -2.34. The fourth-order valence-electron chi connectivity index (χ4n) is 1.93. The molecule has 0 amide bonds. The van der Waals surface area contributed by atoms with Gasteiger partial charge in [-0.25, -0.2) is 9.37 Å². The van der Waals surface area contributed by atoms with Crippen LogP contribution >= 0.6 is 0 Å². The molecule has 2 aromatic rings. The van der Waals surface area contributed by atoms with Crippen LogP contribution in [-0.4, -0.2) is 26.7 Å². The van der Waals surface area contributed by atoms with E-state index >= 15 is 0 Å². The maximum atomic E-state index is 13.1. The summed E-state index contributed by atoms with van der Waals surface area (Å²) in [7, 11) is -1.68. The highest BCUT2D eigenvalue weighted by molar-refractivity contribution is 6.59. The van der Waals surface area contributed by atoms with E-state index in [0.29, 0.717) is 12.1 Å². The Labute approximate surface area is 105 Å². The molecular formula is C12H14BFN2O2. The number of rotatable bonds is 4. The molecule has 0 atom stereocenters. The summed E-state index contributed by atoms with van der Waals surface area (Å²) in [4.78, 5) is 4.19. The number of hydrogen-bond donors (Lipinski definition) is 2. The van der Waals surface area contributed by atoms with Gasteiger partial charge in [0.15, 0.2) is 0 Å². The van der Waals surface area contributed by atoms with E-state index < -0.39 is 12.9 Å². The molecule has 94 valence electrons. The third-order valence-corrected chi connectivity index (χ3v) is 2.84. The molecule has 0 aliphatic rings. The van der Waals surface area contributed by atoms with Crippen LogP contribution < -0.4 is 5.46 Å². The van der Waals surface area contributed by atoms with Crippen molar-refractivity contribution < 1.29 is 14.4 Å². The molecule has 0 unspecified atom stereocenters. The van der Waals surface area contributed by atoms with Gasteiger partial charge in [0.05, 0.1) is 0 Å². The molecular weight excluding hydrogens is 234 g/mol. The van der Waals surface area contributed by atoms with E-state index in [1.165, 1.54) is 6.07 Å². The zero-order valence-electron chi connectivity index (χ0n) is 10.0. The predicted octanol–water partition coefficient (Wildman–Crippen LogP) is 0.313. The monoisotopic (exact) mass is 248 g/mol. The van der Waals surface area contributed by atoms with Crippen LogP contribution in [0.15, 0.2) is 30.6 Å². The normalized spacial score (nSPS) is 10.7. The lowest BCUT2D eigenvalue weighted by atomic mass is 9.77. The standard InChI is InChI=1S/C12H14BFN2O2/c1-2-12-15-5-6-16(12)8-9-3-4-10(14)7-11(9)13(17)18/h3-7,17-18H,2,8H2,1H3. The van der Waals surface area contributed by atoms with E-state index in [9.17, 15) is 14.4 Å². The maximum absolute atomic E-state index is 13.1. The maximum Gasteiger partial charge on any atom is 0.488 e. The van der Waals surface area contributed by atoms with E-state index in [1.807, 2.05) is 17.7 Å². The minimum absolute atomic E-state index is 0.186. The number of halogens is 1. The van der Waals surface area contributed by atoms with Gasteiger partial charge in [0.2, 0.25) is 0 Å². The average molecular weight is 248 g/mol. The lowest BCUT2D eigenvalue weighted by Gasteiger charge is -2.11. The molecule has 0 radical (unpaired) electrons. The summed E-state index contributed by atoms with van der Waals surface area (Å²) in [5.74, 6) is 0.418. The molecule has 1 aromatic heterocycles. The Hall–Kier alpha value is -1.66. The van der Waals surface area contributed by atoms with Gasteiger partial charge in [-0.2, -0.15) is 0 Å². The van der Waals surface area contributed by atoms with E-state index in [0.717, 1.165) is 18.3 Å². The molecule has 2 N–H and O–H groups in total. The van der Waals surface area contributed by atoms with Gasteiger partial charge < -0.3 is 14.6 Å². The summed E-state index contributed by atoms with van der Waals surface area (Å²) in [6.45, 7) is 2.43. The molecule has 4 nitrogen and oxygen atoms in total. The molecule has 0 aliphatic heterocycles. The van der Waals surface area contributed by atoms with Gasteiger partial charge in [-0.15, -0.1) is 0 Å². The fourth-order valence-corrected chi connectivity index (χ4v) is 1.93. The number of hydrogen-bond acceptors (Lipinski definition) is 3. The Morgan fingerprint density at radius 1 is 1.39 bits per heavy atom. The summed E-state index contributed by atoms with van der Waals surface area (Å²) in [6.07, 6.45) is 4.29. The van der Waals surface area contributed by atoms with Crippen LogP contribution in [0, 0.1) is 5.82 Å². The van der Waals surface area contributed by atoms with Gasteiger partial charge in [0.1, 0.15) is 11.6 Å². The number of imidazole rings is 1. The third kappa shape index (κ3) is 2.60. The fraction of sp³-hybridized carbons (Fsp3) is 0.250. The van der Waals surface area contributed by atoms with Gasteiger partial charge in [-0.05, 0) is 23.2 Å². The highest BCUT2D eigenvalue weighted by Gasteiger charge is 2.17. The predicted molar refractivity (Wildman–Crippen MR) is 66.9 cm³/mol. The van der Waals surface area contributed by atoms with Gasteiger partial charge in [0, 0.05) is 25.4 Å². The molecule has 2 rings (SSSR count). The van der Waals surface area contributed by atoms with E-state index in [-0.39, 0.29) is 5.46 Å². The first-order valence-electron chi connectivity index (χ1n) is 5.76. The smallest absolute Gasteiger partial charge is 0.423 e. The van der Waals surface area contributed by atoms with Gasteiger partial charge >= 0.3 is 7.12 Å². The summed E-state index contributed by atoms with van der Waals surface area (Å²) >= 11 is 0. The molecule has 18 heavy (non-hydrogen) atoms. The van der Waals surface area contributed by atoms with Crippen LogP contribution in [-0.2, 0) is 13.0 Å². The van der Waals surface area contributed by atoms with Crippen LogP contribution in [0.4, 0.5) is 4.39 Å². The third-order valence-electron chi connectivity index (χ3n) is 2.84. The van der Waals surface area contributed by atoms with Crippen LogP contribution in [0.2, 0.25) is 0 Å². The second-order valence-corrected chi connectivity index (χ2v) is 4.04. The molecule has 0 spiro atoms. The number of aryl methyl sites for hydroxylation is 1. The van der Waals surface area contributed by atoms with Crippen LogP contribution in [0.3, 0.4) is 0 Å². The molecule has 0 bridgehead atoms. The van der Waals surface area contributed by atoms with Crippen LogP contribution in [0.25, 0.3) is 0 Å². The molecule has 0 saturated carbocycles. The topological polar surface area (TPSA) is 58.3 Å². The minimum Gasteiger partial charge on any atom is -0.423 e. The van der Waals surface area contributed by atoms with Crippen molar-refractivity contribution in [1.82, 2.24) is 9.55 Å². The van der Waals surface area contributed by atoms with Gasteiger partial charge in [-0.1, -0.05) is 13.0 Å². The van der Waals surface area contributed by atoms with Gasteiger partial charge in [0.25, 0.3) is 0 Å². The number of nitrogens with zero attached hydrogens (tertiary/aromatic N) is 2. The van der Waals surface area contributed by atoms with Crippen LogP contribution in [0.5, 0.6) is 0 Å². The Balaban J connectivity index is 2.34. The SMILES string of the molecule is CCc1nccn1Cc1ccc(F)cc1B(O)O. The Kier molecular flexibility index (Phi) is 3.79. The minimum atomic E-state index is -1.68. The van der Waals surface area contributed by atoms with Crippen LogP contribution in [0.1, 0.15) is 18.3 Å². The Morgan fingerprint density at radius 3 is 2.83 bits per heavy atom. The van der Waals surface area contributed by atoms with Crippen molar-refractivity contribution in [2.24, 2.45) is 0 Å². The summed E-state index contributed by atoms with van der Waals surface area (Å²) < 4.78 is 15.0. The number of benzene rings is 1. The first kappa shape index (κ1) is 12.8. The molecule has 0 aliphatic carbocycles. The largest absolute Gasteiger partial charge is 0.488 e. The van der Waals surface area contributed by atoms with Crippen molar-refractivity contribution in [1.29, 1.82) is 0 Å². The Bertz CT molecular complexity index is 543.